The molecule has 0 aromatic heterocycles. The molecule has 0 aromatic rings. The third-order valence-electron chi connectivity index (χ3n) is 3.90. The van der Waals surface area contributed by atoms with Crippen LogP contribution in [0.15, 0.2) is 0 Å². The van der Waals surface area contributed by atoms with Gasteiger partial charge in [-0.15, -0.1) is 0 Å². The third kappa shape index (κ3) is 5.42. The highest BCUT2D eigenvalue weighted by atomic mass is 16.6. The average Bonchev–Trinajstić information content (AvgIpc) is 3.26. The van der Waals surface area contributed by atoms with E-state index in [1.54, 1.807) is 27.7 Å². The average molecular weight is 324 g/mol. The molecule has 0 aromatic carbocycles. The van der Waals surface area contributed by atoms with Crippen molar-refractivity contribution in [3.05, 3.63) is 0 Å². The lowest BCUT2D eigenvalue weighted by Crippen LogP contribution is -2.45. The summed E-state index contributed by atoms with van der Waals surface area (Å²) in [7, 11) is 0. The predicted octanol–water partition coefficient (Wildman–Crippen LogP) is 3.16. The smallest absolute Gasteiger partial charge is 0.407 e. The van der Waals surface area contributed by atoms with Crippen molar-refractivity contribution in [3.8, 4) is 6.07 Å². The third-order valence-corrected chi connectivity index (χ3v) is 3.90. The van der Waals surface area contributed by atoms with Crippen LogP contribution < -0.4 is 5.32 Å². The maximum absolute atomic E-state index is 12.4. The molecule has 130 valence electrons. The Balaban J connectivity index is 2.82. The van der Waals surface area contributed by atoms with Gasteiger partial charge in [-0.3, -0.25) is 4.79 Å². The fourth-order valence-corrected chi connectivity index (χ4v) is 2.60. The Kier molecular flexibility index (Phi) is 6.43. The second-order valence-electron chi connectivity index (χ2n) is 7.03. The van der Waals surface area contributed by atoms with E-state index in [0.717, 1.165) is 12.8 Å². The lowest BCUT2D eigenvalue weighted by Gasteiger charge is -2.29. The van der Waals surface area contributed by atoms with Crippen LogP contribution in [0.1, 0.15) is 60.3 Å². The van der Waals surface area contributed by atoms with Crippen LogP contribution in [0.3, 0.4) is 0 Å². The molecule has 1 unspecified atom stereocenters. The summed E-state index contributed by atoms with van der Waals surface area (Å²) in [5.41, 5.74) is -1.77. The number of hydrogen-bond donors (Lipinski definition) is 1. The quantitative estimate of drug-likeness (QED) is 0.727. The highest BCUT2D eigenvalue weighted by molar-refractivity contribution is 5.81. The Labute approximate surface area is 138 Å². The van der Waals surface area contributed by atoms with E-state index in [-0.39, 0.29) is 25.0 Å². The summed E-state index contributed by atoms with van der Waals surface area (Å²) in [6.45, 7) is 9.23. The van der Waals surface area contributed by atoms with E-state index in [0.29, 0.717) is 6.42 Å². The van der Waals surface area contributed by atoms with E-state index in [4.69, 9.17) is 9.47 Å². The van der Waals surface area contributed by atoms with Crippen LogP contribution in [0.2, 0.25) is 0 Å². The van der Waals surface area contributed by atoms with Gasteiger partial charge in [-0.05, 0) is 59.3 Å². The van der Waals surface area contributed by atoms with Gasteiger partial charge in [0, 0.05) is 6.04 Å². The zero-order chi connectivity index (χ0) is 17.7. The molecule has 1 rings (SSSR count). The first-order chi connectivity index (χ1) is 10.7. The van der Waals surface area contributed by atoms with Crippen molar-refractivity contribution >= 4 is 12.1 Å². The van der Waals surface area contributed by atoms with Crippen LogP contribution >= 0.6 is 0 Å². The molecular weight excluding hydrogens is 296 g/mol. The first-order valence-corrected chi connectivity index (χ1v) is 8.26. The van der Waals surface area contributed by atoms with Crippen LogP contribution in [0, 0.1) is 22.7 Å². The molecule has 1 N–H and O–H groups in total. The highest BCUT2D eigenvalue weighted by Crippen LogP contribution is 2.49. The van der Waals surface area contributed by atoms with Gasteiger partial charge in [0.1, 0.15) is 5.60 Å². The number of carbonyl (C=O) groups excluding carboxylic acids is 2. The molecule has 0 bridgehead atoms. The Morgan fingerprint density at radius 3 is 2.30 bits per heavy atom. The minimum absolute atomic E-state index is 0.0148. The second-order valence-corrected chi connectivity index (χ2v) is 7.03. The lowest BCUT2D eigenvalue weighted by molar-refractivity contribution is -0.154. The molecule has 1 fully saturated rings. The minimum Gasteiger partial charge on any atom is -0.465 e. The number of nitriles is 1. The van der Waals surface area contributed by atoms with Crippen LogP contribution in [-0.2, 0) is 14.3 Å². The number of nitrogens with one attached hydrogen (secondary N) is 1. The summed E-state index contributed by atoms with van der Waals surface area (Å²) in [5, 5.41) is 12.4. The van der Waals surface area contributed by atoms with Crippen molar-refractivity contribution in [1.82, 2.24) is 5.32 Å². The molecule has 0 aliphatic heterocycles. The zero-order valence-corrected chi connectivity index (χ0v) is 14.8. The van der Waals surface area contributed by atoms with Crippen LogP contribution in [0.25, 0.3) is 0 Å². The van der Waals surface area contributed by atoms with Gasteiger partial charge in [-0.25, -0.2) is 4.79 Å². The van der Waals surface area contributed by atoms with Gasteiger partial charge in [0.15, 0.2) is 5.41 Å². The van der Waals surface area contributed by atoms with E-state index in [1.165, 1.54) is 0 Å². The van der Waals surface area contributed by atoms with Crippen molar-refractivity contribution in [2.45, 2.75) is 71.9 Å². The summed E-state index contributed by atoms with van der Waals surface area (Å²) in [6.07, 6.45) is 2.01. The predicted molar refractivity (Wildman–Crippen MR) is 85.5 cm³/mol. The van der Waals surface area contributed by atoms with Gasteiger partial charge in [0.2, 0.25) is 0 Å². The molecule has 0 saturated heterocycles. The van der Waals surface area contributed by atoms with Gasteiger partial charge >= 0.3 is 12.1 Å². The topological polar surface area (TPSA) is 88.4 Å². The lowest BCUT2D eigenvalue weighted by atomic mass is 9.77. The molecule has 1 saturated carbocycles. The molecule has 6 nitrogen and oxygen atoms in total. The normalized spacial score (nSPS) is 18.3. The summed E-state index contributed by atoms with van der Waals surface area (Å²) in [4.78, 5) is 24.3. The summed E-state index contributed by atoms with van der Waals surface area (Å²) in [5.74, 6) is -0.463. The number of nitrogens with zero attached hydrogens (tertiary/aromatic N) is 1. The van der Waals surface area contributed by atoms with Gasteiger partial charge < -0.3 is 14.8 Å². The van der Waals surface area contributed by atoms with E-state index in [1.807, 2.05) is 6.92 Å². The number of carbonyl (C=O) groups is 2. The second kappa shape index (κ2) is 7.67. The number of hydrogen-bond acceptors (Lipinski definition) is 5. The number of alkyl carbamates (subject to hydrolysis) is 1. The maximum atomic E-state index is 12.4. The molecule has 0 heterocycles. The largest absolute Gasteiger partial charge is 0.465 e. The first-order valence-electron chi connectivity index (χ1n) is 8.26. The van der Waals surface area contributed by atoms with Crippen LogP contribution in [0.5, 0.6) is 0 Å². The van der Waals surface area contributed by atoms with Crippen molar-refractivity contribution in [2.75, 3.05) is 6.61 Å². The van der Waals surface area contributed by atoms with E-state index in [9.17, 15) is 14.9 Å². The van der Waals surface area contributed by atoms with E-state index >= 15 is 0 Å². The molecular formula is C17H28N2O4. The van der Waals surface area contributed by atoms with Gasteiger partial charge in [-0.1, -0.05) is 6.92 Å². The molecule has 23 heavy (non-hydrogen) atoms. The molecule has 1 aliphatic rings. The zero-order valence-electron chi connectivity index (χ0n) is 14.8. The minimum atomic E-state index is -1.17. The Morgan fingerprint density at radius 1 is 1.30 bits per heavy atom. The fraction of sp³-hybridized carbons (Fsp3) is 0.824. The van der Waals surface area contributed by atoms with Gasteiger partial charge in [0.05, 0.1) is 12.7 Å². The fourth-order valence-electron chi connectivity index (χ4n) is 2.60. The molecule has 2 atom stereocenters. The Morgan fingerprint density at radius 2 is 1.91 bits per heavy atom. The molecule has 0 spiro atoms. The summed E-state index contributed by atoms with van der Waals surface area (Å²) in [6, 6.07) is 1.87. The Hall–Kier alpha value is -1.77. The monoisotopic (exact) mass is 324 g/mol. The van der Waals surface area contributed by atoms with Crippen molar-refractivity contribution < 1.29 is 19.1 Å². The number of rotatable bonds is 7. The molecule has 1 amide bonds. The first kappa shape index (κ1) is 19.3. The number of esters is 1. The SMILES string of the molecule is CCOC(=O)C(C#N)(C[C@@H](CC)NC(=O)OC(C)(C)C)C1CC1. The summed E-state index contributed by atoms with van der Waals surface area (Å²) >= 11 is 0. The van der Waals surface area contributed by atoms with Crippen molar-refractivity contribution in [3.63, 3.8) is 0 Å². The van der Waals surface area contributed by atoms with Crippen LogP contribution in [-0.4, -0.2) is 30.3 Å². The highest BCUT2D eigenvalue weighted by Gasteiger charge is 2.53. The van der Waals surface area contributed by atoms with Crippen molar-refractivity contribution in [2.24, 2.45) is 11.3 Å². The standard InChI is InChI=1S/C17H28N2O4/c1-6-13(19-15(21)23-16(3,4)5)10-17(11-18,12-8-9-12)14(20)22-7-2/h12-13H,6-10H2,1-5H3,(H,19,21)/t13-,17?/m1/s1. The number of ether oxygens (including phenoxy) is 2. The summed E-state index contributed by atoms with van der Waals surface area (Å²) < 4.78 is 10.4. The molecule has 0 radical (unpaired) electrons. The molecule has 1 aliphatic carbocycles. The van der Waals surface area contributed by atoms with E-state index in [2.05, 4.69) is 11.4 Å². The van der Waals surface area contributed by atoms with Gasteiger partial charge in [-0.2, -0.15) is 5.26 Å². The Bertz CT molecular complexity index is 474. The van der Waals surface area contributed by atoms with E-state index < -0.39 is 23.1 Å². The van der Waals surface area contributed by atoms with Crippen LogP contribution in [0.4, 0.5) is 4.79 Å². The van der Waals surface area contributed by atoms with Gasteiger partial charge in [0.25, 0.3) is 0 Å². The maximum Gasteiger partial charge on any atom is 0.407 e. The van der Waals surface area contributed by atoms with Crippen molar-refractivity contribution in [1.29, 1.82) is 5.26 Å². The molecule has 6 heteroatoms. The number of amides is 1.